The summed E-state index contributed by atoms with van der Waals surface area (Å²) in [6, 6.07) is 9.13. The molecule has 0 unspecified atom stereocenters. The van der Waals surface area contributed by atoms with Crippen LogP contribution in [-0.4, -0.2) is 41.7 Å². The Balaban J connectivity index is 1.53. The average Bonchev–Trinajstić information content (AvgIpc) is 3.16. The van der Waals surface area contributed by atoms with Crippen LogP contribution in [0.2, 0.25) is 0 Å². The molecule has 4 rings (SSSR count). The third-order valence-corrected chi connectivity index (χ3v) is 4.90. The number of nitrogens with zero attached hydrogens (tertiary/aromatic N) is 3. The molecule has 150 valence electrons. The standard InChI is InChI=1S/C21H22N4O4/c1-13-8-20(24-29-13)23-19-11-15(4-6-22-19)21(26)25-7-5-14-9-17(27-2)18(28-3)10-16(14)12-25/h4,6,8-11H,5,7,12H2,1-3H3,(H,22,23,24). The zero-order valence-corrected chi connectivity index (χ0v) is 16.6. The Labute approximate surface area is 168 Å². The van der Waals surface area contributed by atoms with Gasteiger partial charge in [-0.3, -0.25) is 4.79 Å². The van der Waals surface area contributed by atoms with Gasteiger partial charge in [-0.2, -0.15) is 0 Å². The highest BCUT2D eigenvalue weighted by Gasteiger charge is 2.24. The highest BCUT2D eigenvalue weighted by Crippen LogP contribution is 2.33. The number of carbonyl (C=O) groups excluding carboxylic acids is 1. The van der Waals surface area contributed by atoms with Crippen LogP contribution < -0.4 is 14.8 Å². The molecular weight excluding hydrogens is 372 g/mol. The Kier molecular flexibility index (Phi) is 5.07. The number of hydrogen-bond acceptors (Lipinski definition) is 7. The van der Waals surface area contributed by atoms with Crippen LogP contribution in [0, 0.1) is 6.92 Å². The van der Waals surface area contributed by atoms with E-state index in [1.807, 2.05) is 24.0 Å². The molecule has 1 aliphatic rings. The summed E-state index contributed by atoms with van der Waals surface area (Å²) in [5, 5.41) is 6.94. The Morgan fingerprint density at radius 2 is 1.86 bits per heavy atom. The molecule has 2 aromatic heterocycles. The molecule has 0 spiro atoms. The Morgan fingerprint density at radius 3 is 2.55 bits per heavy atom. The predicted molar refractivity (Wildman–Crippen MR) is 107 cm³/mol. The first-order valence-electron chi connectivity index (χ1n) is 9.27. The number of rotatable bonds is 5. The summed E-state index contributed by atoms with van der Waals surface area (Å²) < 4.78 is 15.8. The van der Waals surface area contributed by atoms with Crippen molar-refractivity contribution in [1.29, 1.82) is 0 Å². The van der Waals surface area contributed by atoms with Crippen LogP contribution in [0.3, 0.4) is 0 Å². The summed E-state index contributed by atoms with van der Waals surface area (Å²) in [5.74, 6) is 3.10. The molecule has 0 radical (unpaired) electrons. The van der Waals surface area contributed by atoms with Crippen LogP contribution in [0.25, 0.3) is 0 Å². The minimum Gasteiger partial charge on any atom is -0.493 e. The quantitative estimate of drug-likeness (QED) is 0.710. The third kappa shape index (κ3) is 3.87. The topological polar surface area (TPSA) is 89.7 Å². The number of aryl methyl sites for hydroxylation is 1. The van der Waals surface area contributed by atoms with Gasteiger partial charge in [-0.15, -0.1) is 0 Å². The zero-order chi connectivity index (χ0) is 20.4. The van der Waals surface area contributed by atoms with Gasteiger partial charge in [0.1, 0.15) is 11.6 Å². The molecule has 0 aliphatic carbocycles. The molecule has 8 heteroatoms. The van der Waals surface area contributed by atoms with Crippen molar-refractivity contribution in [2.45, 2.75) is 19.9 Å². The van der Waals surface area contributed by atoms with Gasteiger partial charge < -0.3 is 24.2 Å². The predicted octanol–water partition coefficient (Wildman–Crippen LogP) is 3.34. The van der Waals surface area contributed by atoms with Crippen LogP contribution in [0.4, 0.5) is 11.6 Å². The van der Waals surface area contributed by atoms with Crippen molar-refractivity contribution >= 4 is 17.5 Å². The lowest BCUT2D eigenvalue weighted by atomic mass is 9.98. The second-order valence-electron chi connectivity index (χ2n) is 6.83. The Morgan fingerprint density at radius 1 is 1.10 bits per heavy atom. The molecule has 8 nitrogen and oxygen atoms in total. The van der Waals surface area contributed by atoms with Gasteiger partial charge in [-0.05, 0) is 48.7 Å². The lowest BCUT2D eigenvalue weighted by Gasteiger charge is -2.29. The highest BCUT2D eigenvalue weighted by molar-refractivity contribution is 5.95. The number of anilines is 2. The van der Waals surface area contributed by atoms with E-state index in [2.05, 4.69) is 15.5 Å². The number of methoxy groups -OCH3 is 2. The highest BCUT2D eigenvalue weighted by atomic mass is 16.5. The fourth-order valence-corrected chi connectivity index (χ4v) is 3.43. The van der Waals surface area contributed by atoms with Crippen LogP contribution >= 0.6 is 0 Å². The minimum absolute atomic E-state index is 0.0489. The number of aromatic nitrogens is 2. The van der Waals surface area contributed by atoms with Crippen molar-refractivity contribution in [2.75, 3.05) is 26.1 Å². The molecule has 0 saturated heterocycles. The van der Waals surface area contributed by atoms with Gasteiger partial charge in [0, 0.05) is 30.9 Å². The number of amides is 1. The Bertz CT molecular complexity index is 1050. The van der Waals surface area contributed by atoms with Gasteiger partial charge in [0.05, 0.1) is 14.2 Å². The third-order valence-electron chi connectivity index (χ3n) is 4.90. The summed E-state index contributed by atoms with van der Waals surface area (Å²) in [5.41, 5.74) is 2.80. The molecule has 0 fully saturated rings. The van der Waals surface area contributed by atoms with E-state index in [0.717, 1.165) is 12.0 Å². The number of hydrogen-bond donors (Lipinski definition) is 1. The number of carbonyl (C=O) groups is 1. The van der Waals surface area contributed by atoms with Gasteiger partial charge >= 0.3 is 0 Å². The van der Waals surface area contributed by atoms with Crippen LogP contribution in [0.15, 0.2) is 41.1 Å². The maximum Gasteiger partial charge on any atom is 0.254 e. The number of benzene rings is 1. The maximum atomic E-state index is 13.1. The normalized spacial score (nSPS) is 13.0. The molecule has 3 heterocycles. The van der Waals surface area contributed by atoms with E-state index >= 15 is 0 Å². The smallest absolute Gasteiger partial charge is 0.254 e. The first kappa shape index (κ1) is 18.8. The molecule has 0 saturated carbocycles. The molecule has 1 N–H and O–H groups in total. The summed E-state index contributed by atoms with van der Waals surface area (Å²) in [6.45, 7) is 2.96. The molecule has 3 aromatic rings. The van der Waals surface area contributed by atoms with E-state index in [0.29, 0.717) is 47.5 Å². The van der Waals surface area contributed by atoms with Crippen molar-refractivity contribution in [2.24, 2.45) is 0 Å². The summed E-state index contributed by atoms with van der Waals surface area (Å²) >= 11 is 0. The van der Waals surface area contributed by atoms with Crippen molar-refractivity contribution < 1.29 is 18.8 Å². The van der Waals surface area contributed by atoms with E-state index in [9.17, 15) is 4.79 Å². The van der Waals surface area contributed by atoms with Gasteiger partial charge in [0.25, 0.3) is 5.91 Å². The largest absolute Gasteiger partial charge is 0.493 e. The lowest BCUT2D eigenvalue weighted by molar-refractivity contribution is 0.0734. The summed E-state index contributed by atoms with van der Waals surface area (Å²) in [6.07, 6.45) is 2.37. The van der Waals surface area contributed by atoms with Crippen LogP contribution in [0.1, 0.15) is 27.2 Å². The summed E-state index contributed by atoms with van der Waals surface area (Å²) in [4.78, 5) is 19.2. The lowest BCUT2D eigenvalue weighted by Crippen LogP contribution is -2.36. The minimum atomic E-state index is -0.0489. The fourth-order valence-electron chi connectivity index (χ4n) is 3.43. The molecule has 1 amide bonds. The monoisotopic (exact) mass is 394 g/mol. The average molecular weight is 394 g/mol. The van der Waals surface area contributed by atoms with E-state index in [1.54, 1.807) is 38.6 Å². The van der Waals surface area contributed by atoms with Crippen LogP contribution in [-0.2, 0) is 13.0 Å². The van der Waals surface area contributed by atoms with Gasteiger partial charge in [-0.1, -0.05) is 5.16 Å². The zero-order valence-electron chi connectivity index (χ0n) is 16.6. The van der Waals surface area contributed by atoms with Crippen molar-refractivity contribution in [3.8, 4) is 11.5 Å². The molecule has 1 aromatic carbocycles. The SMILES string of the molecule is COc1cc2c(cc1OC)CN(C(=O)c1ccnc(Nc3cc(C)on3)c1)CC2. The fraction of sp³-hybridized carbons (Fsp3) is 0.286. The first-order chi connectivity index (χ1) is 14.1. The van der Waals surface area contributed by atoms with Crippen LogP contribution in [0.5, 0.6) is 11.5 Å². The number of pyridine rings is 1. The van der Waals surface area contributed by atoms with E-state index < -0.39 is 0 Å². The summed E-state index contributed by atoms with van der Waals surface area (Å²) in [7, 11) is 3.23. The number of ether oxygens (including phenoxy) is 2. The molecule has 0 bridgehead atoms. The Hall–Kier alpha value is -3.55. The van der Waals surface area contributed by atoms with E-state index in [1.165, 1.54) is 5.56 Å². The van der Waals surface area contributed by atoms with Gasteiger partial charge in [-0.25, -0.2) is 4.98 Å². The first-order valence-corrected chi connectivity index (χ1v) is 9.27. The van der Waals surface area contributed by atoms with Gasteiger partial charge in [0.2, 0.25) is 0 Å². The van der Waals surface area contributed by atoms with Gasteiger partial charge in [0.15, 0.2) is 17.3 Å². The number of nitrogens with one attached hydrogen (secondary N) is 1. The molecular formula is C21H22N4O4. The second kappa shape index (κ2) is 7.83. The number of fused-ring (bicyclic) bond motifs is 1. The van der Waals surface area contributed by atoms with Crippen molar-refractivity contribution in [1.82, 2.24) is 15.0 Å². The van der Waals surface area contributed by atoms with Crippen molar-refractivity contribution in [3.05, 3.63) is 59.0 Å². The van der Waals surface area contributed by atoms with E-state index in [4.69, 9.17) is 14.0 Å². The molecule has 0 atom stereocenters. The molecule has 29 heavy (non-hydrogen) atoms. The second-order valence-corrected chi connectivity index (χ2v) is 6.83. The van der Waals surface area contributed by atoms with Crippen molar-refractivity contribution in [3.63, 3.8) is 0 Å². The maximum absolute atomic E-state index is 13.1. The van der Waals surface area contributed by atoms with E-state index in [-0.39, 0.29) is 5.91 Å². The molecule has 1 aliphatic heterocycles.